The second-order valence-electron chi connectivity index (χ2n) is 8.66. The first-order valence-corrected chi connectivity index (χ1v) is 12.8. The topological polar surface area (TPSA) is 78.6 Å². The first-order chi connectivity index (χ1) is 15.7. The number of thioether (sulfide) groups is 1. The maximum atomic E-state index is 13.3. The summed E-state index contributed by atoms with van der Waals surface area (Å²) < 4.78 is 8.17. The van der Waals surface area contributed by atoms with Crippen LogP contribution in [-0.2, 0) is 16.1 Å². The van der Waals surface area contributed by atoms with E-state index >= 15 is 0 Å². The largest absolute Gasteiger partial charge is 0.372 e. The summed E-state index contributed by atoms with van der Waals surface area (Å²) in [6.07, 6.45) is 4.42. The minimum absolute atomic E-state index is 0.00465. The first kappa shape index (κ1) is 25.5. The first-order valence-electron chi connectivity index (χ1n) is 11.6. The van der Waals surface area contributed by atoms with Crippen molar-refractivity contribution in [2.45, 2.75) is 72.6 Å². The quantitative estimate of drug-likeness (QED) is 0.423. The Kier molecular flexibility index (Phi) is 8.38. The van der Waals surface area contributed by atoms with Crippen molar-refractivity contribution in [1.29, 1.82) is 5.26 Å². The smallest absolute Gasteiger partial charge is 0.270 e. The molecule has 178 valence electrons. The fourth-order valence-electron chi connectivity index (χ4n) is 4.41. The molecule has 0 saturated carbocycles. The van der Waals surface area contributed by atoms with Gasteiger partial charge >= 0.3 is 0 Å². The molecule has 1 aromatic rings. The molecule has 3 rings (SSSR count). The molecule has 1 aromatic heterocycles. The van der Waals surface area contributed by atoms with Crippen LogP contribution in [0, 0.1) is 18.3 Å². The number of nitrogens with zero attached hydrogens (tertiary/aromatic N) is 4. The van der Waals surface area contributed by atoms with Gasteiger partial charge in [0.1, 0.15) is 21.8 Å². The number of carbonyl (C=O) groups is 1. The molecule has 9 heteroatoms. The number of hydrogen-bond acceptors (Lipinski definition) is 7. The molecule has 0 aromatic carbocycles. The van der Waals surface area contributed by atoms with E-state index in [0.717, 1.165) is 30.6 Å². The van der Waals surface area contributed by atoms with Crippen molar-refractivity contribution in [3.05, 3.63) is 31.9 Å². The van der Waals surface area contributed by atoms with Crippen molar-refractivity contribution < 1.29 is 9.53 Å². The number of thiocarbonyl (C=S) groups is 1. The van der Waals surface area contributed by atoms with Gasteiger partial charge in [0.05, 0.1) is 17.1 Å². The third kappa shape index (κ3) is 5.18. The molecule has 2 unspecified atom stereocenters. The highest BCUT2D eigenvalue weighted by molar-refractivity contribution is 8.26. The summed E-state index contributed by atoms with van der Waals surface area (Å²) in [4.78, 5) is 30.8. The monoisotopic (exact) mass is 488 g/mol. The normalized spacial score (nSPS) is 22.4. The van der Waals surface area contributed by atoms with Crippen LogP contribution in [0.4, 0.5) is 5.82 Å². The zero-order valence-corrected chi connectivity index (χ0v) is 21.6. The number of anilines is 1. The average Bonchev–Trinajstić information content (AvgIpc) is 3.02. The molecule has 0 aliphatic carbocycles. The molecule has 7 nitrogen and oxygen atoms in total. The number of amides is 1. The summed E-state index contributed by atoms with van der Waals surface area (Å²) in [5.41, 5.74) is 1.16. The Morgan fingerprint density at radius 2 is 1.85 bits per heavy atom. The second-order valence-corrected chi connectivity index (χ2v) is 10.3. The molecule has 3 heterocycles. The summed E-state index contributed by atoms with van der Waals surface area (Å²) in [5.74, 6) is 0.637. The molecular formula is C24H32N4O3S2. The van der Waals surface area contributed by atoms with E-state index in [4.69, 9.17) is 17.0 Å². The molecule has 0 N–H and O–H groups in total. The third-order valence-corrected chi connectivity index (χ3v) is 7.27. The summed E-state index contributed by atoms with van der Waals surface area (Å²) in [6, 6.07) is 2.10. The van der Waals surface area contributed by atoms with E-state index < -0.39 is 0 Å². The lowest BCUT2D eigenvalue weighted by Gasteiger charge is -2.39. The van der Waals surface area contributed by atoms with Crippen molar-refractivity contribution >= 4 is 46.1 Å². The Labute approximate surface area is 205 Å². The third-order valence-electron chi connectivity index (χ3n) is 5.90. The predicted molar refractivity (Wildman–Crippen MR) is 137 cm³/mol. The Balaban J connectivity index is 2.22. The molecule has 2 atom stereocenters. The van der Waals surface area contributed by atoms with Crippen LogP contribution in [0.1, 0.15) is 63.6 Å². The van der Waals surface area contributed by atoms with Crippen LogP contribution in [0.5, 0.6) is 0 Å². The van der Waals surface area contributed by atoms with Gasteiger partial charge in [0.2, 0.25) is 0 Å². The van der Waals surface area contributed by atoms with Crippen LogP contribution in [0.3, 0.4) is 0 Å². The highest BCUT2D eigenvalue weighted by Gasteiger charge is 2.34. The predicted octanol–water partition coefficient (Wildman–Crippen LogP) is 4.05. The molecular weight excluding hydrogens is 456 g/mol. The number of nitriles is 1. The van der Waals surface area contributed by atoms with Crippen molar-refractivity contribution in [3.8, 4) is 6.07 Å². The lowest BCUT2D eigenvalue weighted by Crippen LogP contribution is -2.48. The van der Waals surface area contributed by atoms with E-state index in [2.05, 4.69) is 17.9 Å². The average molecular weight is 489 g/mol. The van der Waals surface area contributed by atoms with E-state index in [1.807, 2.05) is 26.8 Å². The lowest BCUT2D eigenvalue weighted by molar-refractivity contribution is -0.122. The van der Waals surface area contributed by atoms with Crippen molar-refractivity contribution in [2.75, 3.05) is 24.5 Å². The fourth-order valence-corrected chi connectivity index (χ4v) is 5.70. The van der Waals surface area contributed by atoms with E-state index in [-0.39, 0.29) is 29.2 Å². The minimum atomic E-state index is -0.286. The van der Waals surface area contributed by atoms with Gasteiger partial charge in [0, 0.05) is 31.7 Å². The molecule has 2 fully saturated rings. The molecule has 0 bridgehead atoms. The molecule has 0 spiro atoms. The highest BCUT2D eigenvalue weighted by atomic mass is 32.2. The number of pyridine rings is 1. The summed E-state index contributed by atoms with van der Waals surface area (Å²) in [5, 5.41) is 9.78. The van der Waals surface area contributed by atoms with Crippen molar-refractivity contribution in [1.82, 2.24) is 9.47 Å². The lowest BCUT2D eigenvalue weighted by atomic mass is 10.0. The maximum absolute atomic E-state index is 13.3. The fraction of sp³-hybridized carbons (Fsp3) is 0.583. The zero-order chi connectivity index (χ0) is 24.3. The van der Waals surface area contributed by atoms with Gasteiger partial charge in [0.25, 0.3) is 11.5 Å². The zero-order valence-electron chi connectivity index (χ0n) is 20.0. The summed E-state index contributed by atoms with van der Waals surface area (Å²) >= 11 is 6.76. The van der Waals surface area contributed by atoms with Crippen molar-refractivity contribution in [2.24, 2.45) is 0 Å². The molecule has 2 saturated heterocycles. The van der Waals surface area contributed by atoms with Crippen LogP contribution >= 0.6 is 24.0 Å². The number of rotatable bonds is 7. The van der Waals surface area contributed by atoms with Gasteiger partial charge < -0.3 is 9.64 Å². The summed E-state index contributed by atoms with van der Waals surface area (Å²) in [6.45, 7) is 12.2. The molecule has 2 aliphatic heterocycles. The summed E-state index contributed by atoms with van der Waals surface area (Å²) in [7, 11) is 0. The van der Waals surface area contributed by atoms with Gasteiger partial charge in [-0.05, 0) is 45.3 Å². The number of ether oxygens (including phenoxy) is 1. The number of morpholine rings is 1. The standard InChI is InChI=1S/C24H32N4O3S2/c1-6-8-10-28-23(30)20(33-24(28)32)11-18-17(5)19(12-25)22(29)27(9-7-2)21(18)26-13-15(3)31-16(4)14-26/h11,15-16H,6-10,13-14H2,1-5H3. The SMILES string of the molecule is CCCCN1C(=O)C(=Cc2c(C)c(C#N)c(=O)n(CCC)c2N2CC(C)OC(C)C2)SC1=S. The number of aromatic nitrogens is 1. The Morgan fingerprint density at radius 3 is 2.42 bits per heavy atom. The number of hydrogen-bond donors (Lipinski definition) is 0. The van der Waals surface area contributed by atoms with E-state index in [1.165, 1.54) is 11.8 Å². The maximum Gasteiger partial charge on any atom is 0.270 e. The minimum Gasteiger partial charge on any atom is -0.372 e. The van der Waals surface area contributed by atoms with Crippen LogP contribution in [0.15, 0.2) is 9.70 Å². The van der Waals surface area contributed by atoms with Crippen molar-refractivity contribution in [3.63, 3.8) is 0 Å². The Morgan fingerprint density at radius 1 is 1.18 bits per heavy atom. The Hall–Kier alpha value is -2.15. The van der Waals surface area contributed by atoms with Gasteiger partial charge in [-0.25, -0.2) is 0 Å². The van der Waals surface area contributed by atoms with Crippen LogP contribution in [-0.4, -0.2) is 51.5 Å². The van der Waals surface area contributed by atoms with Gasteiger partial charge in [-0.1, -0.05) is 44.2 Å². The van der Waals surface area contributed by atoms with E-state index in [0.29, 0.717) is 41.0 Å². The van der Waals surface area contributed by atoms with Crippen LogP contribution in [0.2, 0.25) is 0 Å². The van der Waals surface area contributed by atoms with Crippen LogP contribution < -0.4 is 10.5 Å². The Bertz CT molecular complexity index is 1060. The van der Waals surface area contributed by atoms with Gasteiger partial charge in [-0.3, -0.25) is 19.1 Å². The number of carbonyl (C=O) groups excluding carboxylic acids is 1. The molecule has 33 heavy (non-hydrogen) atoms. The molecule has 1 amide bonds. The van der Waals surface area contributed by atoms with E-state index in [9.17, 15) is 14.9 Å². The van der Waals surface area contributed by atoms with Gasteiger partial charge in [0.15, 0.2) is 0 Å². The molecule has 2 aliphatic rings. The van der Waals surface area contributed by atoms with Gasteiger partial charge in [-0.2, -0.15) is 5.26 Å². The molecule has 0 radical (unpaired) electrons. The van der Waals surface area contributed by atoms with Crippen LogP contribution in [0.25, 0.3) is 6.08 Å². The van der Waals surface area contributed by atoms with Gasteiger partial charge in [-0.15, -0.1) is 0 Å². The number of unbranched alkanes of at least 4 members (excludes halogenated alkanes) is 1. The highest BCUT2D eigenvalue weighted by Crippen LogP contribution is 2.36. The second kappa shape index (κ2) is 10.9. The van der Waals surface area contributed by atoms with E-state index in [1.54, 1.807) is 16.4 Å².